The Balaban J connectivity index is 3.15. The second-order valence-corrected chi connectivity index (χ2v) is 2.17. The van der Waals surface area contributed by atoms with Crippen LogP contribution in [-0.4, -0.2) is 18.0 Å². The molecule has 0 unspecified atom stereocenters. The van der Waals surface area contributed by atoms with Crippen LogP contribution in [0.25, 0.3) is 0 Å². The molecule has 0 saturated carbocycles. The van der Waals surface area contributed by atoms with Gasteiger partial charge in [-0.1, -0.05) is 18.2 Å². The summed E-state index contributed by atoms with van der Waals surface area (Å²) in [6.45, 7) is 0.262. The molecule has 0 amide bonds. The molecule has 0 saturated heterocycles. The lowest BCUT2D eigenvalue weighted by Crippen LogP contribution is -1.79. The molecule has 0 aliphatic heterocycles. The molecule has 62 valence electrons. The minimum atomic E-state index is 0.262. The Morgan fingerprint density at radius 1 is 1.09 bits per heavy atom. The molecule has 0 radical (unpaired) electrons. The lowest BCUT2D eigenvalue weighted by atomic mass is 10.2. The van der Waals surface area contributed by atoms with Gasteiger partial charge in [-0.2, -0.15) is 0 Å². The highest BCUT2D eigenvalue weighted by molar-refractivity contribution is 5.65. The van der Waals surface area contributed by atoms with E-state index in [1.807, 2.05) is 12.2 Å². The lowest BCUT2D eigenvalue weighted by Gasteiger charge is -1.89. The lowest BCUT2D eigenvalue weighted by molar-refractivity contribution is -0.104. The second kappa shape index (κ2) is 9.11. The van der Waals surface area contributed by atoms with Crippen LogP contribution in [0.3, 0.4) is 0 Å². The van der Waals surface area contributed by atoms with Gasteiger partial charge >= 0.3 is 0 Å². The fourth-order valence-electron chi connectivity index (χ4n) is 0.658. The van der Waals surface area contributed by atoms with Crippen molar-refractivity contribution < 1.29 is 9.90 Å². The summed E-state index contributed by atoms with van der Waals surface area (Å²) in [4.78, 5) is 9.79. The van der Waals surface area contributed by atoms with Crippen LogP contribution >= 0.6 is 0 Å². The van der Waals surface area contributed by atoms with E-state index in [0.717, 1.165) is 25.5 Å². The van der Waals surface area contributed by atoms with Crippen LogP contribution in [0.4, 0.5) is 0 Å². The van der Waals surface area contributed by atoms with Gasteiger partial charge in [0.15, 0.2) is 0 Å². The zero-order valence-corrected chi connectivity index (χ0v) is 6.57. The van der Waals surface area contributed by atoms with Crippen molar-refractivity contribution in [3.05, 3.63) is 24.3 Å². The van der Waals surface area contributed by atoms with Crippen molar-refractivity contribution >= 4 is 6.29 Å². The summed E-state index contributed by atoms with van der Waals surface area (Å²) >= 11 is 0. The highest BCUT2D eigenvalue weighted by Crippen LogP contribution is 1.94. The number of aliphatic hydroxyl groups excluding tert-OH is 1. The van der Waals surface area contributed by atoms with Gasteiger partial charge in [-0.15, -0.1) is 0 Å². The number of aldehydes is 1. The molecule has 0 rings (SSSR count). The van der Waals surface area contributed by atoms with E-state index >= 15 is 0 Å². The molecule has 11 heavy (non-hydrogen) atoms. The number of hydrogen-bond donors (Lipinski definition) is 1. The van der Waals surface area contributed by atoms with Gasteiger partial charge in [0, 0.05) is 6.61 Å². The first kappa shape index (κ1) is 10.1. The molecular weight excluding hydrogens is 140 g/mol. The van der Waals surface area contributed by atoms with Crippen molar-refractivity contribution in [2.24, 2.45) is 0 Å². The first-order valence-corrected chi connectivity index (χ1v) is 3.79. The first-order chi connectivity index (χ1) is 5.41. The third-order valence-corrected chi connectivity index (χ3v) is 1.22. The van der Waals surface area contributed by atoms with E-state index in [1.54, 1.807) is 6.08 Å². The van der Waals surface area contributed by atoms with Gasteiger partial charge in [-0.05, 0) is 25.3 Å². The Hall–Kier alpha value is -0.890. The van der Waals surface area contributed by atoms with Gasteiger partial charge in [0.05, 0.1) is 0 Å². The second-order valence-electron chi connectivity index (χ2n) is 2.17. The largest absolute Gasteiger partial charge is 0.396 e. The summed E-state index contributed by atoms with van der Waals surface area (Å²) in [6, 6.07) is 0. The molecule has 0 aliphatic rings. The quantitative estimate of drug-likeness (QED) is 0.272. The van der Waals surface area contributed by atoms with Crippen LogP contribution in [-0.2, 0) is 4.79 Å². The number of unbranched alkanes of at least 4 members (excludes halogenated alkanes) is 2. The van der Waals surface area contributed by atoms with E-state index in [0.29, 0.717) is 0 Å². The number of rotatable bonds is 6. The Bertz CT molecular complexity index is 136. The fraction of sp³-hybridized carbons (Fsp3) is 0.444. The fourth-order valence-corrected chi connectivity index (χ4v) is 0.658. The number of carbonyl (C=O) groups is 1. The van der Waals surface area contributed by atoms with Crippen molar-refractivity contribution in [1.82, 2.24) is 0 Å². The molecule has 2 heteroatoms. The van der Waals surface area contributed by atoms with Crippen molar-refractivity contribution in [3.8, 4) is 0 Å². The normalized spacial score (nSPS) is 11.4. The summed E-state index contributed by atoms with van der Waals surface area (Å²) < 4.78 is 0. The Morgan fingerprint density at radius 2 is 1.91 bits per heavy atom. The molecular formula is C9H14O2. The summed E-state index contributed by atoms with van der Waals surface area (Å²) in [5.74, 6) is 0. The van der Waals surface area contributed by atoms with Gasteiger partial charge in [0.2, 0.25) is 0 Å². The maximum atomic E-state index is 9.79. The molecule has 0 aromatic carbocycles. The molecule has 2 nitrogen and oxygen atoms in total. The highest BCUT2D eigenvalue weighted by atomic mass is 16.2. The Labute approximate surface area is 67.2 Å². The zero-order chi connectivity index (χ0) is 8.36. The van der Waals surface area contributed by atoms with Crippen molar-refractivity contribution in [2.75, 3.05) is 6.61 Å². The minimum absolute atomic E-state index is 0.262. The van der Waals surface area contributed by atoms with E-state index in [9.17, 15) is 4.79 Å². The van der Waals surface area contributed by atoms with Crippen molar-refractivity contribution in [2.45, 2.75) is 19.3 Å². The van der Waals surface area contributed by atoms with Gasteiger partial charge in [0.1, 0.15) is 6.29 Å². The smallest absolute Gasteiger partial charge is 0.142 e. The molecule has 0 aromatic rings. The van der Waals surface area contributed by atoms with Crippen LogP contribution in [0.2, 0.25) is 0 Å². The molecule has 0 heterocycles. The zero-order valence-electron chi connectivity index (χ0n) is 6.57. The maximum Gasteiger partial charge on any atom is 0.142 e. The van der Waals surface area contributed by atoms with Crippen LogP contribution in [0, 0.1) is 0 Å². The van der Waals surface area contributed by atoms with Crippen LogP contribution in [0.5, 0.6) is 0 Å². The average molecular weight is 154 g/mol. The topological polar surface area (TPSA) is 37.3 Å². The summed E-state index contributed by atoms with van der Waals surface area (Å²) in [5.41, 5.74) is 0. The third-order valence-electron chi connectivity index (χ3n) is 1.22. The third kappa shape index (κ3) is 9.11. The maximum absolute atomic E-state index is 9.79. The predicted octanol–water partition coefficient (Wildman–Crippen LogP) is 1.46. The highest BCUT2D eigenvalue weighted by Gasteiger charge is 1.80. The summed E-state index contributed by atoms with van der Waals surface area (Å²) in [5, 5.41) is 8.42. The van der Waals surface area contributed by atoms with Gasteiger partial charge < -0.3 is 5.11 Å². The number of hydrogen-bond acceptors (Lipinski definition) is 2. The van der Waals surface area contributed by atoms with Gasteiger partial charge in [-0.25, -0.2) is 0 Å². The predicted molar refractivity (Wildman–Crippen MR) is 45.3 cm³/mol. The molecule has 1 N–H and O–H groups in total. The number of allylic oxidation sites excluding steroid dienone is 4. The molecule has 0 bridgehead atoms. The minimum Gasteiger partial charge on any atom is -0.396 e. The van der Waals surface area contributed by atoms with Gasteiger partial charge in [-0.3, -0.25) is 4.79 Å². The SMILES string of the molecule is O=CC=CC=CCCCCO. The number of carbonyl (C=O) groups excluding carboxylic acids is 1. The molecule has 0 atom stereocenters. The van der Waals surface area contributed by atoms with E-state index in [4.69, 9.17) is 5.11 Å². The van der Waals surface area contributed by atoms with E-state index < -0.39 is 0 Å². The molecule has 0 aliphatic carbocycles. The summed E-state index contributed by atoms with van der Waals surface area (Å²) in [7, 11) is 0. The van der Waals surface area contributed by atoms with E-state index in [1.165, 1.54) is 6.08 Å². The number of aliphatic hydroxyl groups is 1. The first-order valence-electron chi connectivity index (χ1n) is 3.79. The van der Waals surface area contributed by atoms with Crippen LogP contribution in [0.15, 0.2) is 24.3 Å². The summed E-state index contributed by atoms with van der Waals surface area (Å²) in [6.07, 6.45) is 10.5. The molecule has 0 fully saturated rings. The van der Waals surface area contributed by atoms with Crippen molar-refractivity contribution in [3.63, 3.8) is 0 Å². The molecule has 0 spiro atoms. The van der Waals surface area contributed by atoms with Crippen LogP contribution < -0.4 is 0 Å². The Kier molecular flexibility index (Phi) is 8.37. The average Bonchev–Trinajstić information content (AvgIpc) is 2.03. The van der Waals surface area contributed by atoms with Gasteiger partial charge in [0.25, 0.3) is 0 Å². The van der Waals surface area contributed by atoms with Crippen molar-refractivity contribution in [1.29, 1.82) is 0 Å². The standard InChI is InChI=1S/C9H14O2/c10-8-6-4-2-1-3-5-7-9-11/h1-2,4,6,8,11H,3,5,7,9H2. The molecule has 0 aromatic heterocycles. The van der Waals surface area contributed by atoms with Crippen LogP contribution in [0.1, 0.15) is 19.3 Å². The monoisotopic (exact) mass is 154 g/mol. The van der Waals surface area contributed by atoms with E-state index in [2.05, 4.69) is 0 Å². The Morgan fingerprint density at radius 3 is 2.55 bits per heavy atom. The van der Waals surface area contributed by atoms with E-state index in [-0.39, 0.29) is 6.61 Å².